The maximum Gasteiger partial charge on any atom is 0.243 e. The van der Waals surface area contributed by atoms with Gasteiger partial charge in [-0.15, -0.1) is 11.8 Å². The molecule has 0 bridgehead atoms. The molecule has 1 saturated heterocycles. The third kappa shape index (κ3) is 4.50. The molecule has 0 unspecified atom stereocenters. The molecular formula is C16H25N3O3S. The zero-order valence-corrected chi connectivity index (χ0v) is 15.2. The van der Waals surface area contributed by atoms with Crippen LogP contribution in [-0.4, -0.2) is 39.5 Å². The minimum absolute atomic E-state index is 0.0417. The van der Waals surface area contributed by atoms with Gasteiger partial charge in [-0.3, -0.25) is 9.59 Å². The summed E-state index contributed by atoms with van der Waals surface area (Å²) in [5.41, 5.74) is 1.60. The highest BCUT2D eigenvalue weighted by Crippen LogP contribution is 2.26. The van der Waals surface area contributed by atoms with Crippen LogP contribution in [0.15, 0.2) is 4.52 Å². The average Bonchev–Trinajstić information content (AvgIpc) is 3.03. The Labute approximate surface area is 141 Å². The summed E-state index contributed by atoms with van der Waals surface area (Å²) < 4.78 is 5.10. The summed E-state index contributed by atoms with van der Waals surface area (Å²) in [5.74, 6) is 1.86. The average molecular weight is 339 g/mol. The van der Waals surface area contributed by atoms with E-state index in [1.807, 2.05) is 34.6 Å². The maximum absolute atomic E-state index is 12.5. The van der Waals surface area contributed by atoms with Gasteiger partial charge in [0.15, 0.2) is 0 Å². The van der Waals surface area contributed by atoms with Crippen LogP contribution in [0.5, 0.6) is 0 Å². The molecule has 1 aromatic rings. The SMILES string of the molecule is Cc1noc(C)c1CNC(=O)[C@H]1CSCN1C(=O)CC(C)(C)C. The largest absolute Gasteiger partial charge is 0.361 e. The maximum atomic E-state index is 12.5. The predicted octanol–water partition coefficient (Wildman–Crippen LogP) is 2.25. The first-order chi connectivity index (χ1) is 10.7. The molecule has 6 nitrogen and oxygen atoms in total. The van der Waals surface area contributed by atoms with Gasteiger partial charge in [0.05, 0.1) is 11.6 Å². The van der Waals surface area contributed by atoms with Crippen molar-refractivity contribution < 1.29 is 14.1 Å². The zero-order valence-electron chi connectivity index (χ0n) is 14.4. The van der Waals surface area contributed by atoms with E-state index in [4.69, 9.17) is 4.52 Å². The van der Waals surface area contributed by atoms with E-state index >= 15 is 0 Å². The number of rotatable bonds is 4. The Morgan fingerprint density at radius 2 is 2.09 bits per heavy atom. The summed E-state index contributed by atoms with van der Waals surface area (Å²) in [6.07, 6.45) is 0.446. The minimum Gasteiger partial charge on any atom is -0.361 e. The highest BCUT2D eigenvalue weighted by Gasteiger charge is 2.35. The number of aromatic nitrogens is 1. The first-order valence-electron chi connectivity index (χ1n) is 7.76. The van der Waals surface area contributed by atoms with Crippen molar-refractivity contribution in [2.45, 2.75) is 53.6 Å². The Bertz CT molecular complexity index is 572. The lowest BCUT2D eigenvalue weighted by Crippen LogP contribution is -2.47. The number of thioether (sulfide) groups is 1. The Balaban J connectivity index is 1.97. The van der Waals surface area contributed by atoms with Gasteiger partial charge in [-0.1, -0.05) is 25.9 Å². The van der Waals surface area contributed by atoms with Crippen molar-refractivity contribution >= 4 is 23.6 Å². The summed E-state index contributed by atoms with van der Waals surface area (Å²) in [5, 5.41) is 6.79. The van der Waals surface area contributed by atoms with E-state index in [0.29, 0.717) is 30.4 Å². The number of aryl methyl sites for hydroxylation is 2. The monoisotopic (exact) mass is 339 g/mol. The van der Waals surface area contributed by atoms with Crippen molar-refractivity contribution in [3.05, 3.63) is 17.0 Å². The van der Waals surface area contributed by atoms with Crippen molar-refractivity contribution in [1.82, 2.24) is 15.4 Å². The molecule has 2 heterocycles. The molecule has 0 aliphatic carbocycles. The van der Waals surface area contributed by atoms with Crippen LogP contribution in [0.4, 0.5) is 0 Å². The molecule has 0 radical (unpaired) electrons. The summed E-state index contributed by atoms with van der Waals surface area (Å²) in [7, 11) is 0. The van der Waals surface area contributed by atoms with Crippen molar-refractivity contribution in [2.24, 2.45) is 5.41 Å². The van der Waals surface area contributed by atoms with E-state index in [9.17, 15) is 9.59 Å². The van der Waals surface area contributed by atoms with E-state index in [-0.39, 0.29) is 17.2 Å². The molecule has 1 aromatic heterocycles. The molecule has 0 spiro atoms. The van der Waals surface area contributed by atoms with Crippen molar-refractivity contribution in [3.8, 4) is 0 Å². The highest BCUT2D eigenvalue weighted by atomic mass is 32.2. The topological polar surface area (TPSA) is 75.4 Å². The van der Waals surface area contributed by atoms with Gasteiger partial charge >= 0.3 is 0 Å². The van der Waals surface area contributed by atoms with E-state index in [0.717, 1.165) is 11.3 Å². The van der Waals surface area contributed by atoms with Gasteiger partial charge in [-0.25, -0.2) is 0 Å². The van der Waals surface area contributed by atoms with Crippen molar-refractivity contribution in [2.75, 3.05) is 11.6 Å². The summed E-state index contributed by atoms with van der Waals surface area (Å²) in [4.78, 5) is 26.6. The van der Waals surface area contributed by atoms with Crippen LogP contribution in [0, 0.1) is 19.3 Å². The van der Waals surface area contributed by atoms with Crippen LogP contribution in [-0.2, 0) is 16.1 Å². The quantitative estimate of drug-likeness (QED) is 0.910. The molecule has 7 heteroatoms. The smallest absolute Gasteiger partial charge is 0.243 e. The molecule has 2 amide bonds. The zero-order chi connectivity index (χ0) is 17.2. The van der Waals surface area contributed by atoms with Gasteiger partial charge < -0.3 is 14.7 Å². The molecule has 1 aliphatic heterocycles. The van der Waals surface area contributed by atoms with Gasteiger partial charge in [0.2, 0.25) is 11.8 Å². The number of carbonyl (C=O) groups is 2. The number of nitrogens with one attached hydrogen (secondary N) is 1. The molecule has 1 aliphatic rings. The number of carbonyl (C=O) groups excluding carboxylic acids is 2. The second kappa shape index (κ2) is 6.95. The van der Waals surface area contributed by atoms with Crippen LogP contribution < -0.4 is 5.32 Å². The molecule has 2 rings (SSSR count). The standard InChI is InChI=1S/C16H25N3O3S/c1-10-12(11(2)22-18-10)7-17-15(21)13-8-23-9-19(13)14(20)6-16(3,4)5/h13H,6-9H2,1-5H3,(H,17,21)/t13-/m1/s1. The second-order valence-electron chi connectivity index (χ2n) is 7.14. The summed E-state index contributed by atoms with van der Waals surface area (Å²) in [6, 6.07) is -0.393. The fourth-order valence-corrected chi connectivity index (χ4v) is 3.69. The summed E-state index contributed by atoms with van der Waals surface area (Å²) >= 11 is 1.62. The van der Waals surface area contributed by atoms with Crippen molar-refractivity contribution in [3.63, 3.8) is 0 Å². The molecule has 23 heavy (non-hydrogen) atoms. The van der Waals surface area contributed by atoms with Crippen LogP contribution in [0.3, 0.4) is 0 Å². The third-order valence-electron chi connectivity index (χ3n) is 3.81. The van der Waals surface area contributed by atoms with E-state index < -0.39 is 6.04 Å². The van der Waals surface area contributed by atoms with Gasteiger partial charge in [0, 0.05) is 24.3 Å². The molecule has 0 saturated carbocycles. The molecular weight excluding hydrogens is 314 g/mol. The molecule has 0 aromatic carbocycles. The number of nitrogens with zero attached hydrogens (tertiary/aromatic N) is 2. The first kappa shape index (κ1) is 17.8. The van der Waals surface area contributed by atoms with Gasteiger partial charge in [0.1, 0.15) is 11.8 Å². The van der Waals surface area contributed by atoms with Crippen LogP contribution >= 0.6 is 11.8 Å². The van der Waals surface area contributed by atoms with E-state index in [1.165, 1.54) is 0 Å². The first-order valence-corrected chi connectivity index (χ1v) is 8.91. The lowest BCUT2D eigenvalue weighted by atomic mass is 9.91. The Morgan fingerprint density at radius 3 is 2.65 bits per heavy atom. The molecule has 1 fully saturated rings. The van der Waals surface area contributed by atoms with Crippen molar-refractivity contribution in [1.29, 1.82) is 0 Å². The van der Waals surface area contributed by atoms with Crippen LogP contribution in [0.1, 0.15) is 44.2 Å². The van der Waals surface area contributed by atoms with Gasteiger partial charge in [0.25, 0.3) is 0 Å². The normalized spacial score (nSPS) is 18.3. The highest BCUT2D eigenvalue weighted by molar-refractivity contribution is 7.99. The number of amides is 2. The van der Waals surface area contributed by atoms with Gasteiger partial charge in [-0.05, 0) is 19.3 Å². The lowest BCUT2D eigenvalue weighted by molar-refractivity contribution is -0.139. The Kier molecular flexibility index (Phi) is 5.39. The predicted molar refractivity (Wildman–Crippen MR) is 89.9 cm³/mol. The van der Waals surface area contributed by atoms with Gasteiger partial charge in [-0.2, -0.15) is 0 Å². The van der Waals surface area contributed by atoms with E-state index in [1.54, 1.807) is 16.7 Å². The third-order valence-corrected chi connectivity index (χ3v) is 4.82. The fourth-order valence-electron chi connectivity index (χ4n) is 2.51. The van der Waals surface area contributed by atoms with Crippen LogP contribution in [0.2, 0.25) is 0 Å². The molecule has 1 N–H and O–H groups in total. The van der Waals surface area contributed by atoms with Crippen LogP contribution in [0.25, 0.3) is 0 Å². The summed E-state index contributed by atoms with van der Waals surface area (Å²) in [6.45, 7) is 10.1. The number of hydrogen-bond acceptors (Lipinski definition) is 5. The fraction of sp³-hybridized carbons (Fsp3) is 0.688. The Morgan fingerprint density at radius 1 is 1.39 bits per heavy atom. The Hall–Kier alpha value is -1.50. The molecule has 128 valence electrons. The minimum atomic E-state index is -0.393. The number of hydrogen-bond donors (Lipinski definition) is 1. The van der Waals surface area contributed by atoms with E-state index in [2.05, 4.69) is 10.5 Å². The lowest BCUT2D eigenvalue weighted by Gasteiger charge is -2.26. The second-order valence-corrected chi connectivity index (χ2v) is 8.14. The molecule has 1 atom stereocenters.